The summed E-state index contributed by atoms with van der Waals surface area (Å²) in [6, 6.07) is 0. The lowest BCUT2D eigenvalue weighted by Gasteiger charge is -2.15. The molecule has 0 unspecified atom stereocenters. The fraction of sp³-hybridized carbons (Fsp3) is 0.583. The number of H-pyrrole nitrogens is 2. The fourth-order valence-electron chi connectivity index (χ4n) is 1.55. The first-order valence-corrected chi connectivity index (χ1v) is 6.33. The van der Waals surface area contributed by atoms with Gasteiger partial charge in [-0.15, -0.1) is 0 Å². The minimum Gasteiger partial charge on any atom is -0.320 e. The second kappa shape index (κ2) is 7.52. The Morgan fingerprint density at radius 2 is 2.11 bits per heavy atom. The Labute approximate surface area is 111 Å². The van der Waals surface area contributed by atoms with Crippen molar-refractivity contribution in [2.75, 3.05) is 25.5 Å². The summed E-state index contributed by atoms with van der Waals surface area (Å²) < 4.78 is 0. The van der Waals surface area contributed by atoms with Crippen molar-refractivity contribution < 1.29 is 4.79 Å². The molecule has 0 spiro atoms. The highest BCUT2D eigenvalue weighted by atomic mass is 16.2. The molecule has 0 aliphatic carbocycles. The molecule has 1 aromatic heterocycles. The van der Waals surface area contributed by atoms with Crippen LogP contribution in [0.15, 0.2) is 15.8 Å². The minimum atomic E-state index is -0.601. The molecule has 0 saturated carbocycles. The molecule has 0 radical (unpaired) electrons. The van der Waals surface area contributed by atoms with Gasteiger partial charge in [-0.05, 0) is 20.0 Å². The molecule has 7 nitrogen and oxygen atoms in total. The normalized spacial score (nSPS) is 10.7. The van der Waals surface area contributed by atoms with Crippen molar-refractivity contribution in [3.63, 3.8) is 0 Å². The van der Waals surface area contributed by atoms with Crippen LogP contribution in [0.4, 0.5) is 5.69 Å². The molecule has 0 aliphatic rings. The molecular formula is C12H20N4O3. The summed E-state index contributed by atoms with van der Waals surface area (Å²) in [6.45, 7) is 3.69. The number of hydrogen-bond donors (Lipinski definition) is 3. The number of anilines is 1. The molecule has 0 aliphatic heterocycles. The minimum absolute atomic E-state index is 0.0563. The maximum atomic E-state index is 11.6. The highest BCUT2D eigenvalue weighted by Crippen LogP contribution is 1.97. The van der Waals surface area contributed by atoms with Gasteiger partial charge in [-0.2, -0.15) is 0 Å². The van der Waals surface area contributed by atoms with Crippen molar-refractivity contribution in [3.05, 3.63) is 27.0 Å². The van der Waals surface area contributed by atoms with Crippen LogP contribution in [-0.4, -0.2) is 40.9 Å². The summed E-state index contributed by atoms with van der Waals surface area (Å²) in [5, 5.41) is 2.47. The van der Waals surface area contributed by atoms with Crippen LogP contribution in [0.3, 0.4) is 0 Å². The highest BCUT2D eigenvalue weighted by Gasteiger charge is 2.07. The van der Waals surface area contributed by atoms with Crippen LogP contribution in [0.25, 0.3) is 0 Å². The van der Waals surface area contributed by atoms with E-state index >= 15 is 0 Å². The van der Waals surface area contributed by atoms with E-state index in [1.54, 1.807) is 0 Å². The van der Waals surface area contributed by atoms with Crippen molar-refractivity contribution in [2.24, 2.45) is 0 Å². The van der Waals surface area contributed by atoms with Crippen molar-refractivity contribution in [3.8, 4) is 0 Å². The monoisotopic (exact) mass is 268 g/mol. The Kier molecular flexibility index (Phi) is 6.01. The van der Waals surface area contributed by atoms with Crippen LogP contribution in [0, 0.1) is 0 Å². The first-order valence-electron chi connectivity index (χ1n) is 6.33. The number of hydrogen-bond acceptors (Lipinski definition) is 4. The van der Waals surface area contributed by atoms with Crippen LogP contribution in [0.1, 0.15) is 26.2 Å². The molecule has 0 atom stereocenters. The molecule has 106 valence electrons. The summed E-state index contributed by atoms with van der Waals surface area (Å²) in [6.07, 6.45) is 3.71. The molecule has 19 heavy (non-hydrogen) atoms. The molecule has 1 aromatic rings. The predicted molar refractivity (Wildman–Crippen MR) is 73.3 cm³/mol. The second-order valence-corrected chi connectivity index (χ2v) is 4.44. The average molecular weight is 268 g/mol. The third-order valence-corrected chi connectivity index (χ3v) is 2.71. The van der Waals surface area contributed by atoms with Gasteiger partial charge in [-0.3, -0.25) is 14.6 Å². The van der Waals surface area contributed by atoms with Gasteiger partial charge in [0.05, 0.1) is 0 Å². The van der Waals surface area contributed by atoms with Crippen LogP contribution in [0.2, 0.25) is 0 Å². The number of aromatic nitrogens is 2. The van der Waals surface area contributed by atoms with Crippen LogP contribution in [0.5, 0.6) is 0 Å². The molecule has 0 saturated heterocycles. The molecule has 0 bridgehead atoms. The maximum absolute atomic E-state index is 11.6. The number of rotatable bonds is 7. The van der Waals surface area contributed by atoms with Crippen molar-refractivity contribution >= 4 is 11.6 Å². The van der Waals surface area contributed by atoms with E-state index < -0.39 is 11.2 Å². The Hall–Kier alpha value is -1.89. The van der Waals surface area contributed by atoms with Gasteiger partial charge in [0.1, 0.15) is 5.69 Å². The van der Waals surface area contributed by atoms with Crippen molar-refractivity contribution in [1.82, 2.24) is 14.9 Å². The lowest BCUT2D eigenvalue weighted by molar-refractivity contribution is -0.116. The summed E-state index contributed by atoms with van der Waals surface area (Å²) in [4.78, 5) is 40.2. The summed E-state index contributed by atoms with van der Waals surface area (Å²) in [7, 11) is 1.95. The van der Waals surface area contributed by atoms with E-state index in [-0.39, 0.29) is 11.6 Å². The Bertz CT molecular complexity index is 520. The van der Waals surface area contributed by atoms with E-state index in [4.69, 9.17) is 0 Å². The molecule has 3 N–H and O–H groups in total. The zero-order valence-corrected chi connectivity index (χ0v) is 11.3. The van der Waals surface area contributed by atoms with E-state index in [0.29, 0.717) is 13.0 Å². The molecule has 1 rings (SSSR count). The van der Waals surface area contributed by atoms with Gasteiger partial charge < -0.3 is 15.2 Å². The topological polar surface area (TPSA) is 98.1 Å². The summed E-state index contributed by atoms with van der Waals surface area (Å²) in [5.74, 6) is -0.249. The zero-order chi connectivity index (χ0) is 14.3. The maximum Gasteiger partial charge on any atom is 0.325 e. The SMILES string of the molecule is CCCCN(C)CCC(=O)Nc1c[nH]c(=O)[nH]c1=O. The van der Waals surface area contributed by atoms with Crippen molar-refractivity contribution in [2.45, 2.75) is 26.2 Å². The number of unbranched alkanes of at least 4 members (excludes halogenated alkanes) is 1. The Morgan fingerprint density at radius 1 is 1.37 bits per heavy atom. The standard InChI is InChI=1S/C12H20N4O3/c1-3-4-6-16(2)7-5-10(17)14-9-8-13-12(19)15-11(9)18/h8H,3-7H2,1-2H3,(H,14,17)(H2,13,15,18,19). The second-order valence-electron chi connectivity index (χ2n) is 4.44. The third kappa shape index (κ3) is 5.52. The Balaban J connectivity index is 2.43. The zero-order valence-electron chi connectivity index (χ0n) is 11.3. The van der Waals surface area contributed by atoms with Crippen LogP contribution >= 0.6 is 0 Å². The van der Waals surface area contributed by atoms with Crippen molar-refractivity contribution in [1.29, 1.82) is 0 Å². The number of amides is 1. The Morgan fingerprint density at radius 3 is 2.74 bits per heavy atom. The highest BCUT2D eigenvalue weighted by molar-refractivity contribution is 5.90. The molecule has 0 aromatic carbocycles. The third-order valence-electron chi connectivity index (χ3n) is 2.71. The summed E-state index contributed by atoms with van der Waals surface area (Å²) in [5.41, 5.74) is -1.14. The largest absolute Gasteiger partial charge is 0.325 e. The van der Waals surface area contributed by atoms with Gasteiger partial charge in [-0.25, -0.2) is 4.79 Å². The number of carbonyl (C=O) groups is 1. The number of carbonyl (C=O) groups excluding carboxylic acids is 1. The predicted octanol–water partition coefficient (Wildman–Crippen LogP) is 0.124. The number of nitrogens with one attached hydrogen (secondary N) is 3. The van der Waals surface area contributed by atoms with Gasteiger partial charge in [0, 0.05) is 19.2 Å². The van der Waals surface area contributed by atoms with Crippen LogP contribution < -0.4 is 16.6 Å². The van der Waals surface area contributed by atoms with E-state index in [1.165, 1.54) is 6.20 Å². The fourth-order valence-corrected chi connectivity index (χ4v) is 1.55. The van der Waals surface area contributed by atoms with Gasteiger partial charge in [0.15, 0.2) is 0 Å². The molecule has 0 fully saturated rings. The lowest BCUT2D eigenvalue weighted by Crippen LogP contribution is -2.29. The van der Waals surface area contributed by atoms with Gasteiger partial charge >= 0.3 is 5.69 Å². The number of aromatic amines is 2. The smallest absolute Gasteiger partial charge is 0.320 e. The van der Waals surface area contributed by atoms with Crippen LogP contribution in [-0.2, 0) is 4.79 Å². The lowest BCUT2D eigenvalue weighted by atomic mass is 10.3. The first kappa shape index (κ1) is 15.2. The molecule has 1 heterocycles. The average Bonchev–Trinajstić information content (AvgIpc) is 2.37. The van der Waals surface area contributed by atoms with E-state index in [1.807, 2.05) is 12.0 Å². The van der Waals surface area contributed by atoms with Gasteiger partial charge in [-0.1, -0.05) is 13.3 Å². The van der Waals surface area contributed by atoms with E-state index in [2.05, 4.69) is 22.1 Å². The van der Waals surface area contributed by atoms with E-state index in [0.717, 1.165) is 19.4 Å². The first-order chi connectivity index (χ1) is 9.02. The van der Waals surface area contributed by atoms with Gasteiger partial charge in [0.25, 0.3) is 5.56 Å². The molecular weight excluding hydrogens is 248 g/mol. The molecule has 1 amide bonds. The molecule has 7 heteroatoms. The van der Waals surface area contributed by atoms with Gasteiger partial charge in [0.2, 0.25) is 5.91 Å². The number of nitrogens with zero attached hydrogens (tertiary/aromatic N) is 1. The summed E-state index contributed by atoms with van der Waals surface area (Å²) >= 11 is 0. The van der Waals surface area contributed by atoms with E-state index in [9.17, 15) is 14.4 Å². The quantitative estimate of drug-likeness (QED) is 0.654.